The van der Waals surface area contributed by atoms with E-state index in [4.69, 9.17) is 18.9 Å². The molecule has 0 bridgehead atoms. The maximum absolute atomic E-state index is 12.6. The molecule has 9 nitrogen and oxygen atoms in total. The standard InChI is InChI=1S/C25H21NO8/c1-31-19-9-10-20(23(15-19)32-2)21(27)11-7-16-8-12-22(24(13-16)33-3)34-25(28)17-5-4-6-18(14-17)26(29)30/h4-15H,1-3H3/b11-7+. The van der Waals surface area contributed by atoms with Crippen LogP contribution in [0.2, 0.25) is 0 Å². The zero-order valence-corrected chi connectivity index (χ0v) is 18.6. The van der Waals surface area contributed by atoms with Crippen molar-refractivity contribution in [1.29, 1.82) is 0 Å². The number of esters is 1. The van der Waals surface area contributed by atoms with Crippen LogP contribution in [-0.4, -0.2) is 38.0 Å². The highest BCUT2D eigenvalue weighted by Gasteiger charge is 2.16. The quantitative estimate of drug-likeness (QED) is 0.112. The van der Waals surface area contributed by atoms with Crippen molar-refractivity contribution in [3.05, 3.63) is 93.5 Å². The van der Waals surface area contributed by atoms with Gasteiger partial charge in [0.1, 0.15) is 11.5 Å². The summed E-state index contributed by atoms with van der Waals surface area (Å²) < 4.78 is 21.1. The topological polar surface area (TPSA) is 114 Å². The molecule has 0 saturated carbocycles. The number of ketones is 1. The number of hydrogen-bond donors (Lipinski definition) is 0. The zero-order chi connectivity index (χ0) is 24.7. The van der Waals surface area contributed by atoms with Gasteiger partial charge in [0, 0.05) is 18.2 Å². The first-order chi connectivity index (χ1) is 16.4. The summed E-state index contributed by atoms with van der Waals surface area (Å²) in [6.45, 7) is 0. The molecule has 0 aromatic heterocycles. The number of allylic oxidation sites excluding steroid dienone is 1. The number of carbonyl (C=O) groups is 2. The number of benzene rings is 3. The molecule has 0 aliphatic heterocycles. The van der Waals surface area contributed by atoms with Crippen molar-refractivity contribution >= 4 is 23.5 Å². The number of rotatable bonds is 9. The van der Waals surface area contributed by atoms with Crippen molar-refractivity contribution in [3.8, 4) is 23.0 Å². The van der Waals surface area contributed by atoms with Crippen molar-refractivity contribution in [2.24, 2.45) is 0 Å². The van der Waals surface area contributed by atoms with Gasteiger partial charge in [0.05, 0.1) is 37.4 Å². The summed E-state index contributed by atoms with van der Waals surface area (Å²) in [5.41, 5.74) is 0.793. The molecule has 0 atom stereocenters. The van der Waals surface area contributed by atoms with Gasteiger partial charge in [0.15, 0.2) is 17.3 Å². The van der Waals surface area contributed by atoms with Crippen LogP contribution in [0.4, 0.5) is 5.69 Å². The molecule has 3 rings (SSSR count). The highest BCUT2D eigenvalue weighted by atomic mass is 16.6. The van der Waals surface area contributed by atoms with Crippen LogP contribution < -0.4 is 18.9 Å². The van der Waals surface area contributed by atoms with Crippen molar-refractivity contribution in [3.63, 3.8) is 0 Å². The van der Waals surface area contributed by atoms with Crippen LogP contribution in [0.25, 0.3) is 6.08 Å². The Bertz CT molecular complexity index is 1270. The first-order valence-corrected chi connectivity index (χ1v) is 9.95. The number of nitrogens with zero attached hydrogens (tertiary/aromatic N) is 1. The average molecular weight is 463 g/mol. The van der Waals surface area contributed by atoms with Gasteiger partial charge in [-0.1, -0.05) is 18.2 Å². The van der Waals surface area contributed by atoms with E-state index in [1.165, 1.54) is 51.7 Å². The average Bonchev–Trinajstić information content (AvgIpc) is 2.87. The molecule has 0 fully saturated rings. The first kappa shape index (κ1) is 24.0. The minimum atomic E-state index is -0.771. The van der Waals surface area contributed by atoms with E-state index >= 15 is 0 Å². The highest BCUT2D eigenvalue weighted by Crippen LogP contribution is 2.30. The molecule has 0 heterocycles. The SMILES string of the molecule is COc1ccc(C(=O)/C=C/c2ccc(OC(=O)c3cccc([N+](=O)[O-])c3)c(OC)c2)c(OC)c1. The third-order valence-electron chi connectivity index (χ3n) is 4.78. The third-order valence-corrected chi connectivity index (χ3v) is 4.78. The highest BCUT2D eigenvalue weighted by molar-refractivity contribution is 6.08. The maximum atomic E-state index is 12.6. The van der Waals surface area contributed by atoms with Crippen LogP contribution in [0.1, 0.15) is 26.3 Å². The fourth-order valence-electron chi connectivity index (χ4n) is 3.04. The number of carbonyl (C=O) groups excluding carboxylic acids is 2. The van der Waals surface area contributed by atoms with Gasteiger partial charge in [0.2, 0.25) is 0 Å². The van der Waals surface area contributed by atoms with Gasteiger partial charge in [-0.05, 0) is 42.0 Å². The second-order valence-electron chi connectivity index (χ2n) is 6.87. The number of non-ortho nitro benzene ring substituents is 1. The molecule has 0 unspecified atom stereocenters. The summed E-state index contributed by atoms with van der Waals surface area (Å²) in [6.07, 6.45) is 2.97. The van der Waals surface area contributed by atoms with Crippen LogP contribution in [-0.2, 0) is 0 Å². The second-order valence-corrected chi connectivity index (χ2v) is 6.87. The number of nitro benzene ring substituents is 1. The lowest BCUT2D eigenvalue weighted by atomic mass is 10.1. The molecular formula is C25H21NO8. The molecule has 0 saturated heterocycles. The molecule has 9 heteroatoms. The molecule has 0 radical (unpaired) electrons. The summed E-state index contributed by atoms with van der Waals surface area (Å²) in [5.74, 6) is 0.272. The fourth-order valence-corrected chi connectivity index (χ4v) is 3.04. The van der Waals surface area contributed by atoms with Crippen molar-refractivity contribution in [1.82, 2.24) is 0 Å². The van der Waals surface area contributed by atoms with Gasteiger partial charge < -0.3 is 18.9 Å². The molecule has 0 aliphatic carbocycles. The third kappa shape index (κ3) is 5.57. The van der Waals surface area contributed by atoms with Gasteiger partial charge in [-0.2, -0.15) is 0 Å². The number of methoxy groups -OCH3 is 3. The Balaban J connectivity index is 1.78. The Morgan fingerprint density at radius 2 is 1.62 bits per heavy atom. The summed E-state index contributed by atoms with van der Waals surface area (Å²) in [4.78, 5) is 35.4. The van der Waals surface area contributed by atoms with E-state index in [-0.39, 0.29) is 28.5 Å². The number of hydrogen-bond acceptors (Lipinski definition) is 8. The molecule has 0 aliphatic rings. The van der Waals surface area contributed by atoms with E-state index in [1.54, 1.807) is 36.4 Å². The van der Waals surface area contributed by atoms with E-state index in [0.29, 0.717) is 22.6 Å². The molecular weight excluding hydrogens is 442 g/mol. The van der Waals surface area contributed by atoms with Crippen molar-refractivity contribution in [2.45, 2.75) is 0 Å². The largest absolute Gasteiger partial charge is 0.497 e. The van der Waals surface area contributed by atoms with Crippen LogP contribution in [0.3, 0.4) is 0 Å². The van der Waals surface area contributed by atoms with E-state index in [2.05, 4.69) is 0 Å². The van der Waals surface area contributed by atoms with Crippen molar-refractivity contribution < 1.29 is 33.5 Å². The fraction of sp³-hybridized carbons (Fsp3) is 0.120. The molecule has 34 heavy (non-hydrogen) atoms. The van der Waals surface area contributed by atoms with Crippen LogP contribution >= 0.6 is 0 Å². The molecule has 3 aromatic carbocycles. The summed E-state index contributed by atoms with van der Waals surface area (Å²) in [5, 5.41) is 10.9. The van der Waals surface area contributed by atoms with Crippen LogP contribution in [0.15, 0.2) is 66.7 Å². The van der Waals surface area contributed by atoms with Gasteiger partial charge in [-0.15, -0.1) is 0 Å². The predicted molar refractivity (Wildman–Crippen MR) is 124 cm³/mol. The molecule has 0 N–H and O–H groups in total. The smallest absolute Gasteiger partial charge is 0.343 e. The first-order valence-electron chi connectivity index (χ1n) is 9.95. The monoisotopic (exact) mass is 463 g/mol. The lowest BCUT2D eigenvalue weighted by Crippen LogP contribution is -2.09. The maximum Gasteiger partial charge on any atom is 0.343 e. The zero-order valence-electron chi connectivity index (χ0n) is 18.6. The Labute approximate surface area is 195 Å². The summed E-state index contributed by atoms with van der Waals surface area (Å²) in [6, 6.07) is 14.8. The Kier molecular flexibility index (Phi) is 7.60. The number of nitro groups is 1. The van der Waals surface area contributed by atoms with Crippen LogP contribution in [0, 0.1) is 10.1 Å². The van der Waals surface area contributed by atoms with E-state index in [0.717, 1.165) is 6.07 Å². The molecule has 3 aromatic rings. The van der Waals surface area contributed by atoms with Gasteiger partial charge >= 0.3 is 5.97 Å². The lowest BCUT2D eigenvalue weighted by Gasteiger charge is -2.10. The number of ether oxygens (including phenoxy) is 4. The Morgan fingerprint density at radius 1 is 0.853 bits per heavy atom. The normalized spacial score (nSPS) is 10.6. The summed E-state index contributed by atoms with van der Waals surface area (Å²) in [7, 11) is 4.39. The molecule has 174 valence electrons. The second kappa shape index (κ2) is 10.8. The molecule has 0 amide bonds. The summed E-state index contributed by atoms with van der Waals surface area (Å²) >= 11 is 0. The van der Waals surface area contributed by atoms with E-state index in [9.17, 15) is 19.7 Å². The van der Waals surface area contributed by atoms with Gasteiger partial charge in [-0.25, -0.2) is 4.79 Å². The van der Waals surface area contributed by atoms with E-state index < -0.39 is 10.9 Å². The predicted octanol–water partition coefficient (Wildman–Crippen LogP) is 4.74. The lowest BCUT2D eigenvalue weighted by molar-refractivity contribution is -0.384. The minimum absolute atomic E-state index is 0.0271. The Hall–Kier alpha value is -4.66. The van der Waals surface area contributed by atoms with Gasteiger partial charge in [-0.3, -0.25) is 14.9 Å². The van der Waals surface area contributed by atoms with Crippen molar-refractivity contribution in [2.75, 3.05) is 21.3 Å². The Morgan fingerprint density at radius 3 is 2.29 bits per heavy atom. The molecule has 0 spiro atoms. The minimum Gasteiger partial charge on any atom is -0.497 e. The van der Waals surface area contributed by atoms with Gasteiger partial charge in [0.25, 0.3) is 5.69 Å². The van der Waals surface area contributed by atoms with Crippen LogP contribution in [0.5, 0.6) is 23.0 Å². The van der Waals surface area contributed by atoms with E-state index in [1.807, 2.05) is 0 Å².